The van der Waals surface area contributed by atoms with Gasteiger partial charge in [-0.05, 0) is 47.8 Å². The molecule has 98 valence electrons. The van der Waals surface area contributed by atoms with Crippen molar-refractivity contribution in [1.82, 2.24) is 0 Å². The summed E-state index contributed by atoms with van der Waals surface area (Å²) in [5.74, 6) is 1.45. The largest absolute Gasteiger partial charge is 0.388 e. The summed E-state index contributed by atoms with van der Waals surface area (Å²) in [6.07, 6.45) is 1.81. The van der Waals surface area contributed by atoms with Crippen LogP contribution in [0.2, 0.25) is 0 Å². The van der Waals surface area contributed by atoms with Crippen LogP contribution in [0.5, 0.6) is 0 Å². The summed E-state index contributed by atoms with van der Waals surface area (Å²) in [7, 11) is 0. The number of aliphatic hydroxyl groups excluding tert-OH is 1. The van der Waals surface area contributed by atoms with Crippen LogP contribution in [0.15, 0.2) is 59.5 Å². The monoisotopic (exact) mass is 270 g/mol. The van der Waals surface area contributed by atoms with Crippen LogP contribution in [0, 0.1) is 5.92 Å². The van der Waals surface area contributed by atoms with Gasteiger partial charge in [0.25, 0.3) is 0 Å². The molecule has 3 rings (SSSR count). The highest BCUT2D eigenvalue weighted by Gasteiger charge is 2.29. The Morgan fingerprint density at radius 2 is 1.74 bits per heavy atom. The zero-order chi connectivity index (χ0) is 13.1. The van der Waals surface area contributed by atoms with E-state index in [1.165, 1.54) is 10.5 Å². The third-order valence-corrected chi connectivity index (χ3v) is 4.85. The fraction of sp³-hybridized carbons (Fsp3) is 0.294. The van der Waals surface area contributed by atoms with Gasteiger partial charge >= 0.3 is 0 Å². The van der Waals surface area contributed by atoms with Crippen LogP contribution in [0.25, 0.3) is 0 Å². The number of rotatable bonds is 4. The molecule has 0 fully saturated rings. The zero-order valence-electron chi connectivity index (χ0n) is 10.8. The van der Waals surface area contributed by atoms with Gasteiger partial charge in [-0.1, -0.05) is 42.5 Å². The number of thioether (sulfide) groups is 1. The van der Waals surface area contributed by atoms with Crippen molar-refractivity contribution >= 4 is 11.8 Å². The lowest BCUT2D eigenvalue weighted by Gasteiger charge is -2.14. The van der Waals surface area contributed by atoms with E-state index in [4.69, 9.17) is 0 Å². The van der Waals surface area contributed by atoms with Crippen molar-refractivity contribution in [3.8, 4) is 0 Å². The van der Waals surface area contributed by atoms with Crippen LogP contribution in [-0.2, 0) is 6.42 Å². The third-order valence-electron chi connectivity index (χ3n) is 3.80. The summed E-state index contributed by atoms with van der Waals surface area (Å²) < 4.78 is 0. The Bertz CT molecular complexity index is 538. The molecule has 1 N–H and O–H groups in total. The first-order chi connectivity index (χ1) is 9.34. The maximum absolute atomic E-state index is 10.3. The molecule has 1 aliphatic rings. The first kappa shape index (κ1) is 12.8. The van der Waals surface area contributed by atoms with Crippen LogP contribution in [-0.4, -0.2) is 10.9 Å². The van der Waals surface area contributed by atoms with E-state index in [9.17, 15) is 5.11 Å². The lowest BCUT2D eigenvalue weighted by atomic mass is 10.0. The van der Waals surface area contributed by atoms with Gasteiger partial charge in [-0.25, -0.2) is 0 Å². The molecule has 0 aliphatic heterocycles. The Kier molecular flexibility index (Phi) is 3.90. The highest BCUT2D eigenvalue weighted by Crippen LogP contribution is 2.38. The minimum absolute atomic E-state index is 0.271. The van der Waals surface area contributed by atoms with E-state index in [1.54, 1.807) is 0 Å². The predicted molar refractivity (Wildman–Crippen MR) is 80.4 cm³/mol. The Balaban J connectivity index is 1.55. The van der Waals surface area contributed by atoms with Gasteiger partial charge in [-0.2, -0.15) is 0 Å². The van der Waals surface area contributed by atoms with Gasteiger partial charge in [0.2, 0.25) is 0 Å². The van der Waals surface area contributed by atoms with Gasteiger partial charge in [-0.3, -0.25) is 0 Å². The molecule has 0 saturated carbocycles. The van der Waals surface area contributed by atoms with E-state index in [-0.39, 0.29) is 6.10 Å². The second kappa shape index (κ2) is 5.81. The molecule has 0 amide bonds. The van der Waals surface area contributed by atoms with Gasteiger partial charge in [0.05, 0.1) is 6.10 Å². The normalized spacial score (nSPS) is 21.3. The predicted octanol–water partition coefficient (Wildman–Crippen LogP) is 4.07. The summed E-state index contributed by atoms with van der Waals surface area (Å²) in [5.41, 5.74) is 2.46. The molecule has 1 nitrogen and oxygen atoms in total. The van der Waals surface area contributed by atoms with E-state index >= 15 is 0 Å². The summed E-state index contributed by atoms with van der Waals surface area (Å²) >= 11 is 1.88. The van der Waals surface area contributed by atoms with Gasteiger partial charge in [0, 0.05) is 4.90 Å². The Morgan fingerprint density at radius 3 is 2.53 bits per heavy atom. The molecule has 2 aromatic carbocycles. The van der Waals surface area contributed by atoms with Gasteiger partial charge in [0.1, 0.15) is 0 Å². The number of fused-ring (bicyclic) bond motifs is 1. The van der Waals surface area contributed by atoms with Crippen LogP contribution < -0.4 is 0 Å². The highest BCUT2D eigenvalue weighted by atomic mass is 32.2. The minimum atomic E-state index is -0.271. The highest BCUT2D eigenvalue weighted by molar-refractivity contribution is 7.99. The number of aliphatic hydroxyl groups is 1. The van der Waals surface area contributed by atoms with Crippen molar-refractivity contribution in [2.75, 3.05) is 5.75 Å². The third kappa shape index (κ3) is 2.85. The van der Waals surface area contributed by atoms with Crippen LogP contribution in [0.3, 0.4) is 0 Å². The molecule has 2 aromatic rings. The summed E-state index contributed by atoms with van der Waals surface area (Å²) in [5, 5.41) is 10.3. The molecule has 19 heavy (non-hydrogen) atoms. The molecule has 0 radical (unpaired) electrons. The van der Waals surface area contributed by atoms with E-state index in [2.05, 4.69) is 42.5 Å². The Labute approximate surface area is 118 Å². The molecule has 0 spiro atoms. The molecular weight excluding hydrogens is 252 g/mol. The maximum atomic E-state index is 10.3. The van der Waals surface area contributed by atoms with E-state index in [1.807, 2.05) is 23.9 Å². The maximum Gasteiger partial charge on any atom is 0.0824 e. The van der Waals surface area contributed by atoms with Crippen molar-refractivity contribution in [2.24, 2.45) is 5.92 Å². The molecule has 0 heterocycles. The van der Waals surface area contributed by atoms with Crippen LogP contribution in [0.1, 0.15) is 23.7 Å². The molecule has 2 atom stereocenters. The SMILES string of the molecule is OC1c2ccccc2CC1CCSc1ccccc1. The average molecular weight is 270 g/mol. The van der Waals surface area contributed by atoms with Crippen molar-refractivity contribution in [3.05, 3.63) is 65.7 Å². The van der Waals surface area contributed by atoms with E-state index in [0.29, 0.717) is 5.92 Å². The minimum Gasteiger partial charge on any atom is -0.388 e. The van der Waals surface area contributed by atoms with Crippen molar-refractivity contribution in [2.45, 2.75) is 23.8 Å². The number of hydrogen-bond donors (Lipinski definition) is 1. The summed E-state index contributed by atoms with van der Waals surface area (Å²) in [4.78, 5) is 1.31. The summed E-state index contributed by atoms with van der Waals surface area (Å²) in [6.45, 7) is 0. The molecule has 2 heteroatoms. The second-order valence-electron chi connectivity index (χ2n) is 5.06. The quantitative estimate of drug-likeness (QED) is 0.845. The van der Waals surface area contributed by atoms with Gasteiger partial charge < -0.3 is 5.11 Å². The molecule has 2 unspecified atom stereocenters. The number of hydrogen-bond acceptors (Lipinski definition) is 2. The zero-order valence-corrected chi connectivity index (χ0v) is 11.6. The fourth-order valence-electron chi connectivity index (χ4n) is 2.76. The van der Waals surface area contributed by atoms with Crippen LogP contribution in [0.4, 0.5) is 0 Å². The van der Waals surface area contributed by atoms with Gasteiger partial charge in [0.15, 0.2) is 0 Å². The molecular formula is C17H18OS. The van der Waals surface area contributed by atoms with Crippen molar-refractivity contribution in [1.29, 1.82) is 0 Å². The smallest absolute Gasteiger partial charge is 0.0824 e. The molecule has 0 aromatic heterocycles. The molecule has 0 saturated heterocycles. The van der Waals surface area contributed by atoms with Crippen molar-refractivity contribution < 1.29 is 5.11 Å². The van der Waals surface area contributed by atoms with Crippen molar-refractivity contribution in [3.63, 3.8) is 0 Å². The van der Waals surface area contributed by atoms with Crippen LogP contribution >= 0.6 is 11.8 Å². The average Bonchev–Trinajstić information content (AvgIpc) is 2.78. The Morgan fingerprint density at radius 1 is 1.00 bits per heavy atom. The first-order valence-corrected chi connectivity index (χ1v) is 7.77. The molecule has 1 aliphatic carbocycles. The Hall–Kier alpha value is -1.25. The standard InChI is InChI=1S/C17H18OS/c18-17-14(12-13-6-4-5-9-16(13)17)10-11-19-15-7-2-1-3-8-15/h1-9,14,17-18H,10-12H2. The second-order valence-corrected chi connectivity index (χ2v) is 6.23. The fourth-order valence-corrected chi connectivity index (χ4v) is 3.77. The van der Waals surface area contributed by atoms with Gasteiger partial charge in [-0.15, -0.1) is 11.8 Å². The lowest BCUT2D eigenvalue weighted by molar-refractivity contribution is 0.122. The topological polar surface area (TPSA) is 20.2 Å². The first-order valence-electron chi connectivity index (χ1n) is 6.78. The lowest BCUT2D eigenvalue weighted by Crippen LogP contribution is -2.08. The van der Waals surface area contributed by atoms with E-state index < -0.39 is 0 Å². The van der Waals surface area contributed by atoms with E-state index in [0.717, 1.165) is 24.2 Å². The summed E-state index contributed by atoms with van der Waals surface area (Å²) in [6, 6.07) is 18.8. The number of benzene rings is 2. The molecule has 0 bridgehead atoms.